The number of amides is 2. The van der Waals surface area contributed by atoms with Crippen LogP contribution in [0.4, 0.5) is 0 Å². The van der Waals surface area contributed by atoms with Gasteiger partial charge in [-0.25, -0.2) is 0 Å². The molecule has 7 heteroatoms. The summed E-state index contributed by atoms with van der Waals surface area (Å²) in [4.78, 5) is 27.0. The van der Waals surface area contributed by atoms with Crippen LogP contribution in [0.1, 0.15) is 18.7 Å². The molecule has 0 spiro atoms. The summed E-state index contributed by atoms with van der Waals surface area (Å²) in [5.74, 6) is 0.599. The highest BCUT2D eigenvalue weighted by Crippen LogP contribution is 2.36. The third-order valence-corrected chi connectivity index (χ3v) is 6.04. The van der Waals surface area contributed by atoms with Crippen LogP contribution in [-0.4, -0.2) is 30.4 Å². The lowest BCUT2D eigenvalue weighted by molar-refractivity contribution is -0.140. The number of carbonyl (C=O) groups is 2. The van der Waals surface area contributed by atoms with Crippen molar-refractivity contribution in [2.45, 2.75) is 13.8 Å². The summed E-state index contributed by atoms with van der Waals surface area (Å²) < 4.78 is 12.1. The summed E-state index contributed by atoms with van der Waals surface area (Å²) in [5, 5.41) is 9.35. The number of rotatable bonds is 4. The van der Waals surface area contributed by atoms with Gasteiger partial charge in [-0.15, -0.1) is 11.3 Å². The van der Waals surface area contributed by atoms with Crippen molar-refractivity contribution in [1.82, 2.24) is 4.90 Å². The first-order valence-corrected chi connectivity index (χ1v) is 10.2. The van der Waals surface area contributed by atoms with E-state index in [1.165, 1.54) is 11.3 Å². The second-order valence-electron chi connectivity index (χ2n) is 6.74. The van der Waals surface area contributed by atoms with E-state index >= 15 is 0 Å². The van der Waals surface area contributed by atoms with E-state index in [1.807, 2.05) is 42.5 Å². The Bertz CT molecular complexity index is 1240. The van der Waals surface area contributed by atoms with Crippen LogP contribution in [0.5, 0.6) is 5.75 Å². The van der Waals surface area contributed by atoms with Gasteiger partial charge in [0, 0.05) is 28.6 Å². The molecule has 0 aliphatic carbocycles. The number of ether oxygens (including phenoxy) is 1. The van der Waals surface area contributed by atoms with Gasteiger partial charge in [-0.3, -0.25) is 14.5 Å². The fraction of sp³-hybridized carbons (Fsp3) is 0.174. The highest BCUT2D eigenvalue weighted by atomic mass is 32.1. The Labute approximate surface area is 177 Å². The molecule has 0 bridgehead atoms. The zero-order valence-electron chi connectivity index (χ0n) is 16.7. The van der Waals surface area contributed by atoms with Crippen molar-refractivity contribution >= 4 is 39.5 Å². The van der Waals surface area contributed by atoms with Gasteiger partial charge in [0.25, 0.3) is 11.8 Å². The Balaban J connectivity index is 1.71. The summed E-state index contributed by atoms with van der Waals surface area (Å²) in [6.45, 7) is 3.56. The van der Waals surface area contributed by atoms with Crippen molar-refractivity contribution < 1.29 is 18.7 Å². The number of carbonyl (C=O) groups excluding carboxylic acids is 2. The van der Waals surface area contributed by atoms with Gasteiger partial charge in [-0.1, -0.05) is 0 Å². The summed E-state index contributed by atoms with van der Waals surface area (Å²) in [6.07, 6.45) is 1.72. The van der Waals surface area contributed by atoms with E-state index in [4.69, 9.17) is 9.15 Å². The number of nitriles is 1. The molecule has 0 saturated heterocycles. The molecule has 1 aliphatic heterocycles. The lowest BCUT2D eigenvalue weighted by Gasteiger charge is -2.26. The smallest absolute Gasteiger partial charge is 0.271 e. The van der Waals surface area contributed by atoms with Gasteiger partial charge in [0.1, 0.15) is 28.7 Å². The predicted molar refractivity (Wildman–Crippen MR) is 115 cm³/mol. The molecule has 1 aliphatic rings. The van der Waals surface area contributed by atoms with Gasteiger partial charge in [-0.05, 0) is 55.8 Å². The van der Waals surface area contributed by atoms with Crippen molar-refractivity contribution in [3.63, 3.8) is 0 Å². The molecule has 3 aromatic rings. The van der Waals surface area contributed by atoms with Gasteiger partial charge < -0.3 is 9.15 Å². The number of likely N-dealkylation sites (N-methyl/N-ethyl adjacent to an activating group) is 1. The topological polar surface area (TPSA) is 83.5 Å². The summed E-state index contributed by atoms with van der Waals surface area (Å²) >= 11 is 1.48. The third kappa shape index (κ3) is 3.21. The lowest BCUT2D eigenvalue weighted by Crippen LogP contribution is -2.42. The van der Waals surface area contributed by atoms with Crippen molar-refractivity contribution in [1.29, 1.82) is 5.26 Å². The quantitative estimate of drug-likeness (QED) is 0.450. The van der Waals surface area contributed by atoms with Crippen LogP contribution in [0, 0.1) is 11.3 Å². The Morgan fingerprint density at radius 3 is 2.53 bits per heavy atom. The normalized spacial score (nSPS) is 15.9. The first kappa shape index (κ1) is 19.7. The molecule has 0 fully saturated rings. The van der Waals surface area contributed by atoms with E-state index < -0.39 is 5.91 Å². The molecule has 0 saturated carbocycles. The lowest BCUT2D eigenvalue weighted by atomic mass is 9.95. The van der Waals surface area contributed by atoms with Crippen LogP contribution < -0.4 is 4.74 Å². The minimum absolute atomic E-state index is 0.00438. The van der Waals surface area contributed by atoms with Crippen molar-refractivity contribution in [2.24, 2.45) is 0 Å². The zero-order valence-corrected chi connectivity index (χ0v) is 17.5. The second-order valence-corrected chi connectivity index (χ2v) is 7.86. The molecular formula is C23H18N2O4S. The molecule has 0 atom stereocenters. The number of thiophene rings is 1. The van der Waals surface area contributed by atoms with E-state index in [1.54, 1.807) is 27.0 Å². The largest absolute Gasteiger partial charge is 0.497 e. The molecule has 0 unspecified atom stereocenters. The maximum atomic E-state index is 12.8. The van der Waals surface area contributed by atoms with E-state index in [0.29, 0.717) is 16.7 Å². The van der Waals surface area contributed by atoms with E-state index in [0.717, 1.165) is 31.6 Å². The third-order valence-electron chi connectivity index (χ3n) is 5.03. The minimum atomic E-state index is -0.538. The van der Waals surface area contributed by atoms with Gasteiger partial charge >= 0.3 is 0 Å². The number of hydrogen-bond acceptors (Lipinski definition) is 6. The van der Waals surface area contributed by atoms with E-state index in [2.05, 4.69) is 0 Å². The molecule has 6 nitrogen and oxygen atoms in total. The molecule has 1 aromatic carbocycles. The van der Waals surface area contributed by atoms with Crippen LogP contribution in [0.2, 0.25) is 0 Å². The number of fused-ring (bicyclic) bond motifs is 1. The van der Waals surface area contributed by atoms with Crippen LogP contribution in [0.25, 0.3) is 27.7 Å². The van der Waals surface area contributed by atoms with Crippen LogP contribution >= 0.6 is 11.3 Å². The van der Waals surface area contributed by atoms with Crippen LogP contribution in [-0.2, 0) is 9.59 Å². The van der Waals surface area contributed by atoms with Gasteiger partial charge in [0.15, 0.2) is 0 Å². The molecule has 2 aromatic heterocycles. The average Bonchev–Trinajstić information content (AvgIpc) is 3.31. The molecule has 30 heavy (non-hydrogen) atoms. The predicted octanol–water partition coefficient (Wildman–Crippen LogP) is 4.78. The molecular weight excluding hydrogens is 400 g/mol. The average molecular weight is 418 g/mol. The first-order valence-electron chi connectivity index (χ1n) is 9.33. The molecule has 2 amide bonds. The summed E-state index contributed by atoms with van der Waals surface area (Å²) in [6, 6.07) is 13.4. The molecule has 0 N–H and O–H groups in total. The number of hydrogen-bond donors (Lipinski definition) is 0. The van der Waals surface area contributed by atoms with Gasteiger partial charge in [0.2, 0.25) is 0 Å². The molecule has 150 valence electrons. The Morgan fingerprint density at radius 1 is 1.20 bits per heavy atom. The Kier molecular flexibility index (Phi) is 5.02. The highest BCUT2D eigenvalue weighted by molar-refractivity contribution is 7.19. The summed E-state index contributed by atoms with van der Waals surface area (Å²) in [7, 11) is 1.62. The molecule has 3 heterocycles. The fourth-order valence-electron chi connectivity index (χ4n) is 3.38. The number of nitrogens with zero attached hydrogens (tertiary/aromatic N) is 2. The first-order chi connectivity index (χ1) is 14.5. The number of furan rings is 1. The SMILES string of the molecule is CCN1C(=O)C(C#N)=C(C)/C(=C/c2cc3oc(-c4ccc(OC)cc4)cc3s2)C1=O. The highest BCUT2D eigenvalue weighted by Gasteiger charge is 2.34. The number of benzene rings is 1. The van der Waals surface area contributed by atoms with Gasteiger partial charge in [0.05, 0.1) is 11.8 Å². The Morgan fingerprint density at radius 2 is 1.93 bits per heavy atom. The van der Waals surface area contributed by atoms with Crippen LogP contribution in [0.15, 0.2) is 57.5 Å². The minimum Gasteiger partial charge on any atom is -0.497 e. The Hall–Kier alpha value is -3.63. The number of methoxy groups -OCH3 is 1. The van der Waals surface area contributed by atoms with Crippen molar-refractivity contribution in [3.8, 4) is 23.1 Å². The maximum Gasteiger partial charge on any atom is 0.271 e. The monoisotopic (exact) mass is 418 g/mol. The fourth-order valence-corrected chi connectivity index (χ4v) is 4.35. The maximum absolute atomic E-state index is 12.8. The second kappa shape index (κ2) is 7.65. The zero-order chi connectivity index (χ0) is 21.4. The van der Waals surface area contributed by atoms with E-state index in [9.17, 15) is 14.9 Å². The number of imide groups is 1. The molecule has 0 radical (unpaired) electrons. The van der Waals surface area contributed by atoms with Gasteiger partial charge in [-0.2, -0.15) is 5.26 Å². The van der Waals surface area contributed by atoms with Crippen molar-refractivity contribution in [2.75, 3.05) is 13.7 Å². The van der Waals surface area contributed by atoms with Crippen LogP contribution in [0.3, 0.4) is 0 Å². The van der Waals surface area contributed by atoms with Crippen molar-refractivity contribution in [3.05, 3.63) is 58.0 Å². The summed E-state index contributed by atoms with van der Waals surface area (Å²) in [5.41, 5.74) is 2.42. The standard InChI is InChI=1S/C23H18N2O4S/c1-4-25-22(26)17(13(2)18(12-24)23(25)27)9-16-10-20-21(30-16)11-19(29-20)14-5-7-15(28-3)8-6-14/h5-11H,4H2,1-3H3/b17-9-. The van der Waals surface area contributed by atoms with E-state index in [-0.39, 0.29) is 18.0 Å². The molecule has 4 rings (SSSR count).